The Bertz CT molecular complexity index is 827. The molecule has 1 saturated heterocycles. The first-order chi connectivity index (χ1) is 12.1. The maximum Gasteiger partial charge on any atom is 0.256 e. The van der Waals surface area contributed by atoms with Gasteiger partial charge in [-0.25, -0.2) is 8.42 Å². The molecule has 6 heteroatoms. The van der Waals surface area contributed by atoms with Gasteiger partial charge in [0.05, 0.1) is 5.75 Å². The molecular formula is C19H22N2O3S. The molecule has 1 unspecified atom stereocenters. The first-order valence-electron chi connectivity index (χ1n) is 8.79. The maximum absolute atomic E-state index is 11.9. The van der Waals surface area contributed by atoms with Gasteiger partial charge in [0.1, 0.15) is 17.3 Å². The summed E-state index contributed by atoms with van der Waals surface area (Å²) in [4.78, 5) is 2.16. The van der Waals surface area contributed by atoms with Crippen molar-refractivity contribution in [3.63, 3.8) is 0 Å². The van der Waals surface area contributed by atoms with Crippen LogP contribution in [0.15, 0.2) is 58.7 Å². The van der Waals surface area contributed by atoms with Gasteiger partial charge in [0.2, 0.25) is 0 Å². The number of fused-ring (bicyclic) bond motifs is 1. The molecule has 4 rings (SSSR count). The van der Waals surface area contributed by atoms with E-state index in [0.29, 0.717) is 6.54 Å². The third-order valence-corrected chi connectivity index (χ3v) is 6.21. The van der Waals surface area contributed by atoms with Gasteiger partial charge in [-0.3, -0.25) is 0 Å². The number of ether oxygens (including phenoxy) is 1. The van der Waals surface area contributed by atoms with Crippen molar-refractivity contribution in [2.45, 2.75) is 19.3 Å². The second-order valence-corrected chi connectivity index (χ2v) is 8.51. The fraction of sp³-hybridized carbons (Fsp3) is 0.421. The Balaban J connectivity index is 1.48. The van der Waals surface area contributed by atoms with Crippen LogP contribution in [0.3, 0.4) is 0 Å². The number of hydrogen-bond donors (Lipinski definition) is 0. The summed E-state index contributed by atoms with van der Waals surface area (Å²) in [5.74, 6) is 3.02. The van der Waals surface area contributed by atoms with Crippen LogP contribution >= 0.6 is 0 Å². The summed E-state index contributed by atoms with van der Waals surface area (Å²) in [6.07, 6.45) is 9.16. The topological polar surface area (TPSA) is 59.0 Å². The number of hydrogen-bond acceptors (Lipinski definition) is 4. The monoisotopic (exact) mass is 358 g/mol. The molecule has 3 aliphatic rings. The zero-order valence-electron chi connectivity index (χ0n) is 14.0. The summed E-state index contributed by atoms with van der Waals surface area (Å²) in [6, 6.07) is 9.72. The van der Waals surface area contributed by atoms with Crippen molar-refractivity contribution >= 4 is 15.9 Å². The van der Waals surface area contributed by atoms with Crippen LogP contribution in [0.25, 0.3) is 0 Å². The number of amidine groups is 1. The van der Waals surface area contributed by atoms with E-state index in [1.165, 1.54) is 0 Å². The minimum Gasteiger partial charge on any atom is -0.458 e. The molecule has 0 spiro atoms. The van der Waals surface area contributed by atoms with Gasteiger partial charge in [0, 0.05) is 19.0 Å². The second kappa shape index (κ2) is 6.67. The Morgan fingerprint density at radius 3 is 2.76 bits per heavy atom. The molecule has 1 aliphatic carbocycles. The molecule has 0 saturated carbocycles. The van der Waals surface area contributed by atoms with Crippen molar-refractivity contribution in [3.8, 4) is 5.75 Å². The highest BCUT2D eigenvalue weighted by atomic mass is 32.2. The van der Waals surface area contributed by atoms with Gasteiger partial charge in [-0.1, -0.05) is 24.3 Å². The molecule has 5 nitrogen and oxygen atoms in total. The minimum atomic E-state index is -3.29. The first-order valence-corrected chi connectivity index (χ1v) is 10.4. The lowest BCUT2D eigenvalue weighted by atomic mass is 9.80. The zero-order chi connectivity index (χ0) is 17.3. The molecule has 1 aromatic carbocycles. The Hall–Kier alpha value is -2.08. The molecule has 0 aromatic heterocycles. The summed E-state index contributed by atoms with van der Waals surface area (Å²) < 4.78 is 33.8. The van der Waals surface area contributed by atoms with Crippen molar-refractivity contribution in [2.75, 3.05) is 18.8 Å². The minimum absolute atomic E-state index is 0.138. The molecule has 2 atom stereocenters. The van der Waals surface area contributed by atoms with Crippen molar-refractivity contribution in [3.05, 3.63) is 54.3 Å². The Kier molecular flexibility index (Phi) is 4.37. The molecule has 0 bridgehead atoms. The fourth-order valence-electron chi connectivity index (χ4n) is 3.77. The largest absolute Gasteiger partial charge is 0.458 e. The Labute approximate surface area is 148 Å². The smallest absolute Gasteiger partial charge is 0.256 e. The van der Waals surface area contributed by atoms with Gasteiger partial charge >= 0.3 is 0 Å². The molecule has 1 fully saturated rings. The van der Waals surface area contributed by atoms with Crippen molar-refractivity contribution in [1.29, 1.82) is 0 Å². The molecule has 132 valence electrons. The highest BCUT2D eigenvalue weighted by Gasteiger charge is 2.36. The van der Waals surface area contributed by atoms with E-state index in [1.807, 2.05) is 36.4 Å². The first kappa shape index (κ1) is 16.4. The van der Waals surface area contributed by atoms with Crippen LogP contribution in [-0.2, 0) is 10.0 Å². The van der Waals surface area contributed by atoms with E-state index in [1.54, 1.807) is 0 Å². The normalized spacial score (nSPS) is 27.9. The number of sulfonamides is 1. The number of benzene rings is 1. The molecule has 2 heterocycles. The number of allylic oxidation sites excluding steroid dienone is 3. The van der Waals surface area contributed by atoms with E-state index < -0.39 is 10.0 Å². The Morgan fingerprint density at radius 1 is 1.16 bits per heavy atom. The fourth-order valence-corrected chi connectivity index (χ4v) is 4.85. The predicted molar refractivity (Wildman–Crippen MR) is 97.9 cm³/mol. The molecule has 0 N–H and O–H groups in total. The maximum atomic E-state index is 11.9. The number of para-hydroxylation sites is 1. The van der Waals surface area contributed by atoms with Gasteiger partial charge in [-0.05, 0) is 49.5 Å². The van der Waals surface area contributed by atoms with E-state index in [9.17, 15) is 8.42 Å². The molecule has 0 radical (unpaired) electrons. The summed E-state index contributed by atoms with van der Waals surface area (Å²) in [5, 5.41) is 0. The SMILES string of the molecule is O=S1(=O)CCN2CCC[C@H](C3C=CC(Oc4ccccc4)=CC3)C2=N1. The van der Waals surface area contributed by atoms with Gasteiger partial charge < -0.3 is 9.64 Å². The van der Waals surface area contributed by atoms with Gasteiger partial charge in [-0.15, -0.1) is 0 Å². The lowest BCUT2D eigenvalue weighted by Crippen LogP contribution is -2.48. The highest BCUT2D eigenvalue weighted by molar-refractivity contribution is 7.90. The van der Waals surface area contributed by atoms with Crippen molar-refractivity contribution in [1.82, 2.24) is 4.90 Å². The highest BCUT2D eigenvalue weighted by Crippen LogP contribution is 2.34. The van der Waals surface area contributed by atoms with E-state index in [-0.39, 0.29) is 17.6 Å². The summed E-state index contributed by atoms with van der Waals surface area (Å²) >= 11 is 0. The van der Waals surface area contributed by atoms with Gasteiger partial charge in [0.15, 0.2) is 0 Å². The quantitative estimate of drug-likeness (QED) is 0.833. The van der Waals surface area contributed by atoms with Crippen LogP contribution in [-0.4, -0.2) is 38.0 Å². The van der Waals surface area contributed by atoms with E-state index in [0.717, 1.165) is 43.2 Å². The van der Waals surface area contributed by atoms with E-state index >= 15 is 0 Å². The van der Waals surface area contributed by atoms with Crippen LogP contribution in [0.1, 0.15) is 19.3 Å². The predicted octanol–water partition coefficient (Wildman–Crippen LogP) is 2.98. The summed E-state index contributed by atoms with van der Waals surface area (Å²) in [5.41, 5.74) is 0. The molecule has 2 aliphatic heterocycles. The molecule has 25 heavy (non-hydrogen) atoms. The summed E-state index contributed by atoms with van der Waals surface area (Å²) in [6.45, 7) is 1.49. The lowest BCUT2D eigenvalue weighted by molar-refractivity contribution is 0.302. The van der Waals surface area contributed by atoms with E-state index in [4.69, 9.17) is 4.74 Å². The lowest BCUT2D eigenvalue weighted by Gasteiger charge is -2.40. The number of piperidine rings is 1. The van der Waals surface area contributed by atoms with Crippen LogP contribution in [0, 0.1) is 11.8 Å². The molecule has 1 aromatic rings. The zero-order valence-corrected chi connectivity index (χ0v) is 14.9. The van der Waals surface area contributed by atoms with Crippen LogP contribution in [0.5, 0.6) is 5.75 Å². The van der Waals surface area contributed by atoms with Crippen LogP contribution in [0.4, 0.5) is 0 Å². The Morgan fingerprint density at radius 2 is 2.00 bits per heavy atom. The average molecular weight is 358 g/mol. The van der Waals surface area contributed by atoms with Crippen LogP contribution < -0.4 is 4.74 Å². The third kappa shape index (κ3) is 3.63. The standard InChI is InChI=1S/C19H22N2O3S/c22-25(23)14-13-21-12-4-7-18(19(21)20-25)15-8-10-17(11-9-15)24-16-5-2-1-3-6-16/h1-3,5-6,8,10-11,15,18H,4,7,9,12-14H2/t15?,18-/m1/s1. The van der Waals surface area contributed by atoms with Gasteiger partial charge in [0.25, 0.3) is 10.0 Å². The van der Waals surface area contributed by atoms with Crippen LogP contribution in [0.2, 0.25) is 0 Å². The van der Waals surface area contributed by atoms with Crippen molar-refractivity contribution in [2.24, 2.45) is 16.2 Å². The van der Waals surface area contributed by atoms with E-state index in [2.05, 4.69) is 21.4 Å². The second-order valence-electron chi connectivity index (χ2n) is 6.75. The average Bonchev–Trinajstić information content (AvgIpc) is 2.62. The third-order valence-electron chi connectivity index (χ3n) is 5.05. The summed E-state index contributed by atoms with van der Waals surface area (Å²) in [7, 11) is -3.29. The van der Waals surface area contributed by atoms with Gasteiger partial charge in [-0.2, -0.15) is 4.40 Å². The van der Waals surface area contributed by atoms with Crippen molar-refractivity contribution < 1.29 is 13.2 Å². The number of rotatable bonds is 3. The molecule has 0 amide bonds. The number of nitrogens with zero attached hydrogens (tertiary/aromatic N) is 2. The molecular weight excluding hydrogens is 336 g/mol.